The monoisotopic (exact) mass is 640 g/mol. The fourth-order valence-corrected chi connectivity index (χ4v) is 7.12. The summed E-state index contributed by atoms with van der Waals surface area (Å²) in [6, 6.07) is 57.1. The first-order valence-electron chi connectivity index (χ1n) is 16.7. The third-order valence-corrected chi connectivity index (χ3v) is 9.65. The van der Waals surface area contributed by atoms with Crippen LogP contribution in [0.4, 0.5) is 0 Å². The van der Waals surface area contributed by atoms with E-state index in [-0.39, 0.29) is 0 Å². The highest BCUT2D eigenvalue weighted by Crippen LogP contribution is 2.42. The summed E-state index contributed by atoms with van der Waals surface area (Å²) in [6.45, 7) is 0. The van der Waals surface area contributed by atoms with Crippen LogP contribution in [0.25, 0.3) is 99.8 Å². The van der Waals surface area contributed by atoms with Crippen LogP contribution in [0.15, 0.2) is 179 Å². The number of aromatic nitrogens is 2. The number of hydrogen-bond donors (Lipinski definition) is 0. The van der Waals surface area contributed by atoms with Crippen molar-refractivity contribution < 1.29 is 8.83 Å². The molecule has 0 amide bonds. The minimum absolute atomic E-state index is 0.661. The average molecular weight is 641 g/mol. The molecule has 0 saturated carbocycles. The van der Waals surface area contributed by atoms with Crippen molar-refractivity contribution in [3.05, 3.63) is 170 Å². The van der Waals surface area contributed by atoms with E-state index in [0.29, 0.717) is 5.58 Å². The van der Waals surface area contributed by atoms with Crippen molar-refractivity contribution >= 4 is 44.0 Å². The highest BCUT2D eigenvalue weighted by atomic mass is 16.3. The van der Waals surface area contributed by atoms with E-state index in [2.05, 4.69) is 133 Å². The van der Waals surface area contributed by atoms with E-state index in [0.717, 1.165) is 71.9 Å². The maximum Gasteiger partial charge on any atom is 0.180 e. The molecular weight excluding hydrogens is 613 g/mol. The Morgan fingerprint density at radius 1 is 0.360 bits per heavy atom. The van der Waals surface area contributed by atoms with Gasteiger partial charge in [-0.05, 0) is 74.8 Å². The molecule has 0 aliphatic rings. The molecule has 0 aliphatic carbocycles. The molecule has 0 radical (unpaired) electrons. The van der Waals surface area contributed by atoms with E-state index in [9.17, 15) is 0 Å². The molecule has 0 unspecified atom stereocenters. The first kappa shape index (κ1) is 28.3. The van der Waals surface area contributed by atoms with Crippen LogP contribution >= 0.6 is 0 Å². The second-order valence-corrected chi connectivity index (χ2v) is 12.6. The fraction of sp³-hybridized carbons (Fsp3) is 0. The molecule has 10 aromatic rings. The lowest BCUT2D eigenvalue weighted by Crippen LogP contribution is -1.88. The Kier molecular flexibility index (Phi) is 6.46. The van der Waals surface area contributed by atoms with Gasteiger partial charge in [0.05, 0.1) is 0 Å². The van der Waals surface area contributed by atoms with E-state index in [1.54, 1.807) is 6.33 Å². The lowest BCUT2D eigenvalue weighted by atomic mass is 9.97. The van der Waals surface area contributed by atoms with Crippen LogP contribution in [0.5, 0.6) is 0 Å². The number of nitrogens with zero attached hydrogens (tertiary/aromatic N) is 2. The highest BCUT2D eigenvalue weighted by molar-refractivity contribution is 6.16. The maximum absolute atomic E-state index is 6.53. The topological polar surface area (TPSA) is 52.1 Å². The Morgan fingerprint density at radius 2 is 0.860 bits per heavy atom. The zero-order valence-electron chi connectivity index (χ0n) is 26.9. The standard InChI is InChI=1S/C46H28N2O2/c1-3-8-29(9-4-1)31-14-18-33(19-15-31)35-22-24-40-38(26-35)43-37(12-7-13-42(43)49-40)44-46-45(48-28-47-44)39-27-36(23-25-41(39)50-46)34-20-16-32(17-21-34)30-10-5-2-6-11-30/h1-28H. The molecule has 7 aromatic carbocycles. The molecule has 0 fully saturated rings. The molecule has 0 aliphatic heterocycles. The van der Waals surface area contributed by atoms with E-state index in [1.807, 2.05) is 30.3 Å². The number of hydrogen-bond acceptors (Lipinski definition) is 4. The van der Waals surface area contributed by atoms with Crippen molar-refractivity contribution in [2.45, 2.75) is 0 Å². The fourth-order valence-electron chi connectivity index (χ4n) is 7.12. The van der Waals surface area contributed by atoms with Crippen molar-refractivity contribution in [1.82, 2.24) is 9.97 Å². The molecule has 3 aromatic heterocycles. The van der Waals surface area contributed by atoms with Crippen molar-refractivity contribution in [2.75, 3.05) is 0 Å². The molecule has 234 valence electrons. The molecule has 0 bridgehead atoms. The largest absolute Gasteiger partial charge is 0.456 e. The molecule has 0 spiro atoms. The third-order valence-electron chi connectivity index (χ3n) is 9.65. The van der Waals surface area contributed by atoms with Crippen LogP contribution in [0.1, 0.15) is 0 Å². The summed E-state index contributed by atoms with van der Waals surface area (Å²) < 4.78 is 12.9. The normalized spacial score (nSPS) is 11.6. The van der Waals surface area contributed by atoms with E-state index < -0.39 is 0 Å². The van der Waals surface area contributed by atoms with Gasteiger partial charge in [0, 0.05) is 21.7 Å². The summed E-state index contributed by atoms with van der Waals surface area (Å²) in [4.78, 5) is 9.53. The zero-order valence-corrected chi connectivity index (χ0v) is 26.9. The first-order valence-corrected chi connectivity index (χ1v) is 16.7. The third kappa shape index (κ3) is 4.69. The van der Waals surface area contributed by atoms with E-state index >= 15 is 0 Å². The van der Waals surface area contributed by atoms with Crippen molar-refractivity contribution in [1.29, 1.82) is 0 Å². The quantitative estimate of drug-likeness (QED) is 0.188. The molecule has 3 heterocycles. The van der Waals surface area contributed by atoms with Gasteiger partial charge < -0.3 is 8.83 Å². The molecule has 0 atom stereocenters. The number of benzene rings is 7. The molecule has 4 heteroatoms. The van der Waals surface area contributed by atoms with Crippen molar-refractivity contribution in [3.8, 4) is 55.8 Å². The minimum Gasteiger partial charge on any atom is -0.456 e. The summed E-state index contributed by atoms with van der Waals surface area (Å²) in [6.07, 6.45) is 1.63. The smallest absolute Gasteiger partial charge is 0.180 e. The lowest BCUT2D eigenvalue weighted by Gasteiger charge is -2.06. The Bertz CT molecular complexity index is 2830. The van der Waals surface area contributed by atoms with Gasteiger partial charge in [-0.15, -0.1) is 0 Å². The molecular formula is C46H28N2O2. The number of rotatable bonds is 5. The van der Waals surface area contributed by atoms with Gasteiger partial charge in [-0.2, -0.15) is 0 Å². The molecule has 0 N–H and O–H groups in total. The van der Waals surface area contributed by atoms with E-state index in [1.165, 1.54) is 22.3 Å². The van der Waals surface area contributed by atoms with Crippen molar-refractivity contribution in [2.24, 2.45) is 0 Å². The molecule has 4 nitrogen and oxygen atoms in total. The van der Waals surface area contributed by atoms with Crippen LogP contribution in [-0.4, -0.2) is 9.97 Å². The SMILES string of the molecule is c1ccc(-c2ccc(-c3ccc4oc5c(-c6cccc7oc8ccc(-c9ccc(-c%10ccccc%10)cc9)cc8c67)ncnc5c4c3)cc2)cc1. The van der Waals surface area contributed by atoms with Gasteiger partial charge >= 0.3 is 0 Å². The maximum atomic E-state index is 6.53. The van der Waals surface area contributed by atoms with Gasteiger partial charge in [-0.25, -0.2) is 9.97 Å². The number of fused-ring (bicyclic) bond motifs is 6. The Morgan fingerprint density at radius 3 is 1.46 bits per heavy atom. The van der Waals surface area contributed by atoms with Gasteiger partial charge in [0.2, 0.25) is 0 Å². The molecule has 10 rings (SSSR count). The summed E-state index contributed by atoms with van der Waals surface area (Å²) in [5, 5.41) is 2.99. The van der Waals surface area contributed by atoms with Gasteiger partial charge in [-0.1, -0.05) is 133 Å². The van der Waals surface area contributed by atoms with Crippen molar-refractivity contribution in [3.63, 3.8) is 0 Å². The number of furan rings is 2. The average Bonchev–Trinajstić information content (AvgIpc) is 3.77. The van der Waals surface area contributed by atoms with Gasteiger partial charge in [0.1, 0.15) is 34.3 Å². The van der Waals surface area contributed by atoms with E-state index in [4.69, 9.17) is 18.8 Å². The van der Waals surface area contributed by atoms with Crippen LogP contribution in [0.3, 0.4) is 0 Å². The van der Waals surface area contributed by atoms with Crippen LogP contribution in [-0.2, 0) is 0 Å². The van der Waals surface area contributed by atoms with Gasteiger partial charge in [-0.3, -0.25) is 0 Å². The summed E-state index contributed by atoms with van der Waals surface area (Å²) in [5.41, 5.74) is 14.8. The second-order valence-electron chi connectivity index (χ2n) is 12.6. The summed E-state index contributed by atoms with van der Waals surface area (Å²) >= 11 is 0. The molecule has 50 heavy (non-hydrogen) atoms. The summed E-state index contributed by atoms with van der Waals surface area (Å²) in [7, 11) is 0. The van der Waals surface area contributed by atoms with Crippen LogP contribution in [0.2, 0.25) is 0 Å². The first-order chi connectivity index (χ1) is 24.8. The predicted molar refractivity (Wildman–Crippen MR) is 204 cm³/mol. The Balaban J connectivity index is 1.06. The zero-order chi connectivity index (χ0) is 33.0. The predicted octanol–water partition coefficient (Wildman–Crippen LogP) is 12.6. The van der Waals surface area contributed by atoms with Gasteiger partial charge in [0.15, 0.2) is 5.58 Å². The second kappa shape index (κ2) is 11.4. The molecule has 0 saturated heterocycles. The highest BCUT2D eigenvalue weighted by Gasteiger charge is 2.20. The Labute approximate surface area is 287 Å². The van der Waals surface area contributed by atoms with Crippen LogP contribution in [0, 0.1) is 0 Å². The lowest BCUT2D eigenvalue weighted by molar-refractivity contribution is 0.667. The Hall–Kier alpha value is -6.78. The van der Waals surface area contributed by atoms with Gasteiger partial charge in [0.25, 0.3) is 0 Å². The minimum atomic E-state index is 0.661. The summed E-state index contributed by atoms with van der Waals surface area (Å²) in [5.74, 6) is 0. The van der Waals surface area contributed by atoms with Crippen LogP contribution < -0.4 is 0 Å².